The molecule has 19 heavy (non-hydrogen) atoms. The Balaban J connectivity index is 1.97. The van der Waals surface area contributed by atoms with Gasteiger partial charge in [-0.3, -0.25) is 0 Å². The van der Waals surface area contributed by atoms with Crippen molar-refractivity contribution >= 4 is 50.9 Å². The van der Waals surface area contributed by atoms with Crippen LogP contribution in [0.25, 0.3) is 11.0 Å². The first-order valence-electron chi connectivity index (χ1n) is 6.61. The third-order valence-corrected chi connectivity index (χ3v) is 5.95. The number of rotatable bonds is 2. The highest BCUT2D eigenvalue weighted by Gasteiger charge is 2.23. The number of nitrogens with zero attached hydrogens (tertiary/aromatic N) is 1. The zero-order valence-corrected chi connectivity index (χ0v) is 14.1. The van der Waals surface area contributed by atoms with Crippen molar-refractivity contribution in [1.82, 2.24) is 9.55 Å². The molecular formula is C14H17BrN2S2. The lowest BCUT2D eigenvalue weighted by Crippen LogP contribution is -2.19. The first kappa shape index (κ1) is 13.7. The van der Waals surface area contributed by atoms with E-state index < -0.39 is 0 Å². The molecular weight excluding hydrogens is 340 g/mol. The number of thioether (sulfide) groups is 1. The van der Waals surface area contributed by atoms with Gasteiger partial charge in [0.15, 0.2) is 4.77 Å². The van der Waals surface area contributed by atoms with Gasteiger partial charge in [0, 0.05) is 15.8 Å². The first-order chi connectivity index (χ1) is 9.19. The van der Waals surface area contributed by atoms with Crippen LogP contribution in [-0.4, -0.2) is 21.1 Å². The maximum atomic E-state index is 5.52. The molecule has 1 saturated carbocycles. The van der Waals surface area contributed by atoms with Gasteiger partial charge in [-0.15, -0.1) is 0 Å². The molecule has 0 unspecified atom stereocenters. The molecule has 0 atom stereocenters. The van der Waals surface area contributed by atoms with E-state index in [4.69, 9.17) is 12.2 Å². The van der Waals surface area contributed by atoms with Crippen LogP contribution >= 0.6 is 39.9 Å². The fourth-order valence-electron chi connectivity index (χ4n) is 3.00. The second kappa shape index (κ2) is 5.62. The Kier molecular flexibility index (Phi) is 4.06. The predicted octanol–water partition coefficient (Wildman–Crippen LogP) is 5.31. The molecule has 1 aromatic carbocycles. The van der Waals surface area contributed by atoms with Crippen molar-refractivity contribution in [2.75, 3.05) is 6.26 Å². The number of aromatic amines is 1. The second-order valence-electron chi connectivity index (χ2n) is 5.13. The van der Waals surface area contributed by atoms with Gasteiger partial charge in [-0.1, -0.05) is 15.9 Å². The van der Waals surface area contributed by atoms with Crippen molar-refractivity contribution < 1.29 is 0 Å². The average Bonchev–Trinajstić information content (AvgIpc) is 2.74. The number of aromatic nitrogens is 2. The molecule has 2 aromatic rings. The topological polar surface area (TPSA) is 20.7 Å². The van der Waals surface area contributed by atoms with Crippen LogP contribution in [-0.2, 0) is 0 Å². The Bertz CT molecular complexity index is 638. The van der Waals surface area contributed by atoms with E-state index in [0.717, 1.165) is 20.0 Å². The highest BCUT2D eigenvalue weighted by molar-refractivity contribution is 9.10. The van der Waals surface area contributed by atoms with Crippen molar-refractivity contribution in [2.45, 2.75) is 37.0 Å². The fraction of sp³-hybridized carbons (Fsp3) is 0.500. The van der Waals surface area contributed by atoms with Crippen LogP contribution in [0.3, 0.4) is 0 Å². The summed E-state index contributed by atoms with van der Waals surface area (Å²) in [6.45, 7) is 0. The maximum Gasteiger partial charge on any atom is 0.178 e. The van der Waals surface area contributed by atoms with Crippen molar-refractivity contribution in [1.29, 1.82) is 0 Å². The van der Waals surface area contributed by atoms with Crippen LogP contribution in [0.1, 0.15) is 31.7 Å². The minimum atomic E-state index is 0.561. The molecule has 0 amide bonds. The van der Waals surface area contributed by atoms with Crippen LogP contribution < -0.4 is 0 Å². The van der Waals surface area contributed by atoms with Crippen LogP contribution in [0.15, 0.2) is 22.7 Å². The van der Waals surface area contributed by atoms with Gasteiger partial charge in [0.1, 0.15) is 0 Å². The van der Waals surface area contributed by atoms with E-state index in [9.17, 15) is 0 Å². The Morgan fingerprint density at radius 3 is 2.74 bits per heavy atom. The molecule has 5 heteroatoms. The average molecular weight is 357 g/mol. The lowest BCUT2D eigenvalue weighted by atomic mass is 9.94. The molecule has 0 radical (unpaired) electrons. The van der Waals surface area contributed by atoms with E-state index in [1.54, 1.807) is 0 Å². The number of hydrogen-bond donors (Lipinski definition) is 1. The zero-order valence-electron chi connectivity index (χ0n) is 10.9. The third-order valence-electron chi connectivity index (χ3n) is 4.02. The fourth-order valence-corrected chi connectivity index (χ4v) is 4.47. The number of halogens is 1. The Morgan fingerprint density at radius 1 is 1.32 bits per heavy atom. The highest BCUT2D eigenvalue weighted by Crippen LogP contribution is 2.35. The van der Waals surface area contributed by atoms with Crippen molar-refractivity contribution in [3.63, 3.8) is 0 Å². The highest BCUT2D eigenvalue weighted by atomic mass is 79.9. The van der Waals surface area contributed by atoms with Crippen LogP contribution in [0.5, 0.6) is 0 Å². The normalized spacial score (nSPS) is 23.9. The number of benzene rings is 1. The molecule has 0 aliphatic heterocycles. The number of imidazole rings is 1. The van der Waals surface area contributed by atoms with E-state index in [0.29, 0.717) is 6.04 Å². The minimum Gasteiger partial charge on any atom is -0.331 e. The van der Waals surface area contributed by atoms with Crippen LogP contribution in [0.2, 0.25) is 0 Å². The molecule has 2 nitrogen and oxygen atoms in total. The Labute approximate surface area is 131 Å². The molecule has 1 aliphatic carbocycles. The quantitative estimate of drug-likeness (QED) is 0.736. The lowest BCUT2D eigenvalue weighted by Gasteiger charge is -2.28. The van der Waals surface area contributed by atoms with Crippen LogP contribution in [0.4, 0.5) is 0 Å². The van der Waals surface area contributed by atoms with Gasteiger partial charge in [0.2, 0.25) is 0 Å². The molecule has 0 spiro atoms. The van der Waals surface area contributed by atoms with Gasteiger partial charge in [-0.05, 0) is 62.4 Å². The third kappa shape index (κ3) is 2.65. The second-order valence-corrected chi connectivity index (χ2v) is 7.57. The van der Waals surface area contributed by atoms with Gasteiger partial charge >= 0.3 is 0 Å². The van der Waals surface area contributed by atoms with Crippen LogP contribution in [0, 0.1) is 4.77 Å². The minimum absolute atomic E-state index is 0.561. The standard InChI is InChI=1S/C14H17BrN2S2/c1-19-11-5-3-10(4-6-11)17-13-7-2-9(15)8-12(13)16-14(17)18/h2,7-8,10-11H,3-6H2,1H3,(H,16,18). The first-order valence-corrected chi connectivity index (χ1v) is 9.10. The number of fused-ring (bicyclic) bond motifs is 1. The van der Waals surface area contributed by atoms with E-state index >= 15 is 0 Å². The van der Waals surface area contributed by atoms with Crippen molar-refractivity contribution in [2.24, 2.45) is 0 Å². The maximum absolute atomic E-state index is 5.52. The Hall–Kier alpha value is -0.260. The van der Waals surface area contributed by atoms with Crippen molar-refractivity contribution in [3.05, 3.63) is 27.4 Å². The summed E-state index contributed by atoms with van der Waals surface area (Å²) >= 11 is 11.0. The molecule has 1 heterocycles. The summed E-state index contributed by atoms with van der Waals surface area (Å²) in [6, 6.07) is 6.92. The molecule has 1 N–H and O–H groups in total. The molecule has 1 fully saturated rings. The van der Waals surface area contributed by atoms with Gasteiger partial charge in [-0.25, -0.2) is 0 Å². The van der Waals surface area contributed by atoms with E-state index in [2.05, 4.69) is 49.9 Å². The molecule has 0 bridgehead atoms. The molecule has 3 rings (SSSR count). The SMILES string of the molecule is CSC1CCC(n2c(=S)[nH]c3cc(Br)ccc32)CC1. The summed E-state index contributed by atoms with van der Waals surface area (Å²) in [5, 5.41) is 0.838. The molecule has 0 saturated heterocycles. The van der Waals surface area contributed by atoms with E-state index in [1.807, 2.05) is 11.8 Å². The Morgan fingerprint density at radius 2 is 2.05 bits per heavy atom. The monoisotopic (exact) mass is 356 g/mol. The molecule has 1 aliphatic rings. The van der Waals surface area contributed by atoms with Gasteiger partial charge in [0.05, 0.1) is 11.0 Å². The number of hydrogen-bond acceptors (Lipinski definition) is 2. The zero-order chi connectivity index (χ0) is 13.4. The molecule has 102 valence electrons. The molecule has 1 aromatic heterocycles. The van der Waals surface area contributed by atoms with E-state index in [-0.39, 0.29) is 0 Å². The largest absolute Gasteiger partial charge is 0.331 e. The predicted molar refractivity (Wildman–Crippen MR) is 89.6 cm³/mol. The summed E-state index contributed by atoms with van der Waals surface area (Å²) in [5.74, 6) is 0. The summed E-state index contributed by atoms with van der Waals surface area (Å²) in [6.07, 6.45) is 7.30. The summed E-state index contributed by atoms with van der Waals surface area (Å²) in [7, 11) is 0. The number of H-pyrrole nitrogens is 1. The number of nitrogens with one attached hydrogen (secondary N) is 1. The van der Waals surface area contributed by atoms with Gasteiger partial charge < -0.3 is 9.55 Å². The van der Waals surface area contributed by atoms with Crippen molar-refractivity contribution in [3.8, 4) is 0 Å². The summed E-state index contributed by atoms with van der Waals surface area (Å²) in [5.41, 5.74) is 2.37. The summed E-state index contributed by atoms with van der Waals surface area (Å²) in [4.78, 5) is 3.33. The van der Waals surface area contributed by atoms with E-state index in [1.165, 1.54) is 31.2 Å². The smallest absolute Gasteiger partial charge is 0.178 e. The van der Waals surface area contributed by atoms with Gasteiger partial charge in [-0.2, -0.15) is 11.8 Å². The lowest BCUT2D eigenvalue weighted by molar-refractivity contribution is 0.364. The van der Waals surface area contributed by atoms with Gasteiger partial charge in [0.25, 0.3) is 0 Å². The summed E-state index contributed by atoms with van der Waals surface area (Å²) < 4.78 is 4.28.